The van der Waals surface area contributed by atoms with Gasteiger partial charge < -0.3 is 5.73 Å². The standard InChI is InChI=1S/C15H21F2N3S/c1-2-14(15(18)21)20-8-6-19(7-9-20)10-11-12(16)4-3-5-13(11)17/h3-5,14H,2,6-10H2,1H3,(H2,18,21). The Morgan fingerprint density at radius 2 is 1.81 bits per heavy atom. The van der Waals surface area contributed by atoms with E-state index in [-0.39, 0.29) is 11.6 Å². The maximum absolute atomic E-state index is 13.7. The average Bonchev–Trinajstić information content (AvgIpc) is 2.45. The molecule has 0 spiro atoms. The summed E-state index contributed by atoms with van der Waals surface area (Å²) in [5.41, 5.74) is 5.90. The van der Waals surface area contributed by atoms with Crippen molar-refractivity contribution in [1.29, 1.82) is 0 Å². The van der Waals surface area contributed by atoms with E-state index in [0.29, 0.717) is 11.5 Å². The molecular weight excluding hydrogens is 292 g/mol. The fourth-order valence-corrected chi connectivity index (χ4v) is 3.10. The zero-order valence-electron chi connectivity index (χ0n) is 12.2. The Balaban J connectivity index is 1.94. The summed E-state index contributed by atoms with van der Waals surface area (Å²) < 4.78 is 27.3. The van der Waals surface area contributed by atoms with Crippen molar-refractivity contribution in [3.8, 4) is 0 Å². The van der Waals surface area contributed by atoms with Crippen LogP contribution in [0.1, 0.15) is 18.9 Å². The van der Waals surface area contributed by atoms with Crippen LogP contribution in [0.15, 0.2) is 18.2 Å². The molecule has 0 radical (unpaired) electrons. The number of benzene rings is 1. The normalized spacial score (nSPS) is 18.6. The fraction of sp³-hybridized carbons (Fsp3) is 0.533. The first-order valence-corrected chi connectivity index (χ1v) is 7.62. The second kappa shape index (κ2) is 7.24. The molecule has 0 bridgehead atoms. The number of thiocarbonyl (C=S) groups is 1. The Kier molecular flexibility index (Phi) is 5.61. The number of rotatable bonds is 5. The van der Waals surface area contributed by atoms with Crippen molar-refractivity contribution in [2.75, 3.05) is 26.2 Å². The molecule has 0 saturated carbocycles. The number of hydrogen-bond donors (Lipinski definition) is 1. The van der Waals surface area contributed by atoms with Gasteiger partial charge in [-0.1, -0.05) is 25.2 Å². The third kappa shape index (κ3) is 3.96. The van der Waals surface area contributed by atoms with E-state index in [0.717, 1.165) is 32.6 Å². The van der Waals surface area contributed by atoms with Gasteiger partial charge in [-0.05, 0) is 18.6 Å². The molecule has 1 atom stereocenters. The van der Waals surface area contributed by atoms with Gasteiger partial charge in [0.05, 0.1) is 11.0 Å². The molecule has 3 nitrogen and oxygen atoms in total. The molecule has 1 heterocycles. The molecule has 1 unspecified atom stereocenters. The number of nitrogens with zero attached hydrogens (tertiary/aromatic N) is 2. The van der Waals surface area contributed by atoms with Crippen LogP contribution in [0.2, 0.25) is 0 Å². The van der Waals surface area contributed by atoms with Crippen molar-refractivity contribution in [1.82, 2.24) is 9.80 Å². The van der Waals surface area contributed by atoms with Crippen molar-refractivity contribution in [2.45, 2.75) is 25.9 Å². The molecule has 21 heavy (non-hydrogen) atoms. The molecule has 1 aromatic rings. The summed E-state index contributed by atoms with van der Waals surface area (Å²) in [6.07, 6.45) is 0.886. The van der Waals surface area contributed by atoms with Crippen molar-refractivity contribution < 1.29 is 8.78 Å². The lowest BCUT2D eigenvalue weighted by Crippen LogP contribution is -2.53. The highest BCUT2D eigenvalue weighted by Gasteiger charge is 2.25. The van der Waals surface area contributed by atoms with Gasteiger partial charge in [0, 0.05) is 38.3 Å². The Labute approximate surface area is 129 Å². The molecule has 0 aliphatic carbocycles. The molecule has 2 N–H and O–H groups in total. The summed E-state index contributed by atoms with van der Waals surface area (Å²) in [7, 11) is 0. The summed E-state index contributed by atoms with van der Waals surface area (Å²) in [6, 6.07) is 4.11. The second-order valence-electron chi connectivity index (χ2n) is 5.34. The van der Waals surface area contributed by atoms with Gasteiger partial charge in [-0.25, -0.2) is 8.78 Å². The molecule has 1 aromatic carbocycles. The van der Waals surface area contributed by atoms with Crippen LogP contribution in [0.5, 0.6) is 0 Å². The molecule has 2 rings (SSSR count). The quantitative estimate of drug-likeness (QED) is 0.844. The maximum Gasteiger partial charge on any atom is 0.130 e. The first-order chi connectivity index (χ1) is 10.0. The Morgan fingerprint density at radius 3 is 2.29 bits per heavy atom. The summed E-state index contributed by atoms with van der Waals surface area (Å²) in [5.74, 6) is -0.959. The molecule has 1 aliphatic rings. The Bertz CT molecular complexity index is 481. The number of nitrogens with two attached hydrogens (primary N) is 1. The van der Waals surface area contributed by atoms with Crippen molar-refractivity contribution in [2.24, 2.45) is 5.73 Å². The van der Waals surface area contributed by atoms with E-state index < -0.39 is 11.6 Å². The van der Waals surface area contributed by atoms with Crippen LogP contribution in [0, 0.1) is 11.6 Å². The van der Waals surface area contributed by atoms with Gasteiger partial charge in [-0.2, -0.15) is 0 Å². The van der Waals surface area contributed by atoms with E-state index in [1.165, 1.54) is 18.2 Å². The lowest BCUT2D eigenvalue weighted by Gasteiger charge is -2.38. The predicted molar refractivity (Wildman–Crippen MR) is 84.1 cm³/mol. The van der Waals surface area contributed by atoms with Crippen LogP contribution in [0.3, 0.4) is 0 Å². The van der Waals surface area contributed by atoms with Crippen LogP contribution >= 0.6 is 12.2 Å². The lowest BCUT2D eigenvalue weighted by molar-refractivity contribution is 0.110. The minimum Gasteiger partial charge on any atom is -0.392 e. The summed E-state index contributed by atoms with van der Waals surface area (Å²) >= 11 is 5.09. The van der Waals surface area contributed by atoms with Crippen molar-refractivity contribution in [3.63, 3.8) is 0 Å². The molecular formula is C15H21F2N3S. The summed E-state index contributed by atoms with van der Waals surface area (Å²) in [6.45, 7) is 5.50. The monoisotopic (exact) mass is 313 g/mol. The minimum absolute atomic E-state index is 0.118. The zero-order chi connectivity index (χ0) is 15.4. The van der Waals surface area contributed by atoms with Gasteiger partial charge in [0.2, 0.25) is 0 Å². The fourth-order valence-electron chi connectivity index (χ4n) is 2.78. The number of halogens is 2. The topological polar surface area (TPSA) is 32.5 Å². The maximum atomic E-state index is 13.7. The van der Waals surface area contributed by atoms with Gasteiger partial charge >= 0.3 is 0 Å². The third-order valence-corrected chi connectivity index (χ3v) is 4.28. The van der Waals surface area contributed by atoms with Crippen LogP contribution < -0.4 is 5.73 Å². The largest absolute Gasteiger partial charge is 0.392 e. The number of piperazine rings is 1. The molecule has 0 aromatic heterocycles. The van der Waals surface area contributed by atoms with E-state index in [1.807, 2.05) is 0 Å². The Morgan fingerprint density at radius 1 is 1.24 bits per heavy atom. The minimum atomic E-state index is -0.480. The Hall–Kier alpha value is -1.11. The van der Waals surface area contributed by atoms with Crippen LogP contribution in [0.4, 0.5) is 8.78 Å². The van der Waals surface area contributed by atoms with E-state index in [2.05, 4.69) is 16.7 Å². The van der Waals surface area contributed by atoms with Crippen LogP contribution in [0.25, 0.3) is 0 Å². The third-order valence-electron chi connectivity index (χ3n) is 4.01. The van der Waals surface area contributed by atoms with Crippen molar-refractivity contribution >= 4 is 17.2 Å². The SMILES string of the molecule is CCC(C(N)=S)N1CCN(Cc2c(F)cccc2F)CC1. The van der Waals surface area contributed by atoms with Crippen molar-refractivity contribution in [3.05, 3.63) is 35.4 Å². The zero-order valence-corrected chi connectivity index (χ0v) is 13.0. The van der Waals surface area contributed by atoms with Gasteiger partial charge in [0.15, 0.2) is 0 Å². The van der Waals surface area contributed by atoms with E-state index >= 15 is 0 Å². The van der Waals surface area contributed by atoms with Gasteiger partial charge in [0.25, 0.3) is 0 Å². The summed E-state index contributed by atoms with van der Waals surface area (Å²) in [4.78, 5) is 4.83. The molecule has 6 heteroatoms. The molecule has 1 saturated heterocycles. The van der Waals surface area contributed by atoms with Gasteiger partial charge in [0.1, 0.15) is 11.6 Å². The first kappa shape index (κ1) is 16.3. The molecule has 0 amide bonds. The van der Waals surface area contributed by atoms with Crippen LogP contribution in [-0.4, -0.2) is 47.0 Å². The van der Waals surface area contributed by atoms with Gasteiger partial charge in [-0.15, -0.1) is 0 Å². The van der Waals surface area contributed by atoms with E-state index in [4.69, 9.17) is 18.0 Å². The molecule has 116 valence electrons. The molecule has 1 fully saturated rings. The van der Waals surface area contributed by atoms with Crippen LogP contribution in [-0.2, 0) is 6.54 Å². The van der Waals surface area contributed by atoms with Gasteiger partial charge in [-0.3, -0.25) is 9.80 Å². The first-order valence-electron chi connectivity index (χ1n) is 7.21. The smallest absolute Gasteiger partial charge is 0.130 e. The highest BCUT2D eigenvalue weighted by Crippen LogP contribution is 2.17. The van der Waals surface area contributed by atoms with E-state index in [1.54, 1.807) is 0 Å². The highest BCUT2D eigenvalue weighted by atomic mass is 32.1. The molecule has 1 aliphatic heterocycles. The second-order valence-corrected chi connectivity index (χ2v) is 5.81. The predicted octanol–water partition coefficient (Wildman–Crippen LogP) is 2.15. The van der Waals surface area contributed by atoms with E-state index in [9.17, 15) is 8.78 Å². The lowest BCUT2D eigenvalue weighted by atomic mass is 10.1. The summed E-state index contributed by atoms with van der Waals surface area (Å²) in [5, 5.41) is 0. The highest BCUT2D eigenvalue weighted by molar-refractivity contribution is 7.80. The average molecular weight is 313 g/mol. The number of hydrogen-bond acceptors (Lipinski definition) is 3.